The summed E-state index contributed by atoms with van der Waals surface area (Å²) in [5.74, 6) is 0.831. The van der Waals surface area contributed by atoms with Crippen LogP contribution in [-0.2, 0) is 11.2 Å². The quantitative estimate of drug-likeness (QED) is 0.821. The first kappa shape index (κ1) is 15.7. The second-order valence-corrected chi connectivity index (χ2v) is 6.13. The summed E-state index contributed by atoms with van der Waals surface area (Å²) in [7, 11) is 0. The lowest BCUT2D eigenvalue weighted by Crippen LogP contribution is -2.26. The van der Waals surface area contributed by atoms with Crippen LogP contribution in [0, 0.1) is 5.92 Å². The molecule has 0 spiro atoms. The Morgan fingerprint density at radius 1 is 1.35 bits per heavy atom. The van der Waals surface area contributed by atoms with Crippen molar-refractivity contribution >= 4 is 5.91 Å². The average molecular weight is 312 g/mol. The van der Waals surface area contributed by atoms with Crippen LogP contribution in [0.1, 0.15) is 24.8 Å². The van der Waals surface area contributed by atoms with E-state index >= 15 is 0 Å². The highest BCUT2D eigenvalue weighted by Gasteiger charge is 2.15. The monoisotopic (exact) mass is 312 g/mol. The second kappa shape index (κ2) is 7.92. The van der Waals surface area contributed by atoms with Gasteiger partial charge in [0, 0.05) is 19.2 Å². The van der Waals surface area contributed by atoms with Crippen molar-refractivity contribution in [3.8, 4) is 5.69 Å². The molecule has 0 radical (unpaired) electrons. The number of benzene rings is 1. The van der Waals surface area contributed by atoms with Crippen molar-refractivity contribution in [1.29, 1.82) is 0 Å². The van der Waals surface area contributed by atoms with Crippen molar-refractivity contribution in [2.45, 2.75) is 25.7 Å². The van der Waals surface area contributed by atoms with Crippen LogP contribution in [0.3, 0.4) is 0 Å². The standard InChI is InChI=1S/C18H24N4O/c23-18(7-6-15-8-10-19-12-15)20-11-9-16-13-21-22(14-16)17-4-2-1-3-5-17/h1-5,13-15,19H,6-12H2,(H,20,23). The van der Waals surface area contributed by atoms with E-state index in [1.165, 1.54) is 6.42 Å². The predicted octanol–water partition coefficient (Wildman–Crippen LogP) is 1.92. The molecule has 2 N–H and O–H groups in total. The third-order valence-corrected chi connectivity index (χ3v) is 4.33. The van der Waals surface area contributed by atoms with Crippen LogP contribution < -0.4 is 10.6 Å². The van der Waals surface area contributed by atoms with Gasteiger partial charge in [-0.2, -0.15) is 5.10 Å². The van der Waals surface area contributed by atoms with E-state index in [4.69, 9.17) is 0 Å². The van der Waals surface area contributed by atoms with Crippen LogP contribution >= 0.6 is 0 Å². The molecule has 0 bridgehead atoms. The molecule has 1 aromatic carbocycles. The summed E-state index contributed by atoms with van der Waals surface area (Å²) in [4.78, 5) is 11.9. The van der Waals surface area contributed by atoms with Crippen molar-refractivity contribution in [3.05, 3.63) is 48.3 Å². The highest BCUT2D eigenvalue weighted by Crippen LogP contribution is 2.14. The summed E-state index contributed by atoms with van der Waals surface area (Å²) < 4.78 is 1.87. The van der Waals surface area contributed by atoms with Gasteiger partial charge < -0.3 is 10.6 Å². The third-order valence-electron chi connectivity index (χ3n) is 4.33. The molecule has 1 saturated heterocycles. The van der Waals surface area contributed by atoms with Gasteiger partial charge in [-0.1, -0.05) is 18.2 Å². The zero-order chi connectivity index (χ0) is 15.9. The van der Waals surface area contributed by atoms with Gasteiger partial charge in [0.1, 0.15) is 0 Å². The molecule has 1 unspecified atom stereocenters. The Kier molecular flexibility index (Phi) is 5.42. The molecule has 2 aromatic rings. The zero-order valence-corrected chi connectivity index (χ0v) is 13.4. The number of hydrogen-bond donors (Lipinski definition) is 2. The highest BCUT2D eigenvalue weighted by atomic mass is 16.1. The Bertz CT molecular complexity index is 617. The number of amides is 1. The summed E-state index contributed by atoms with van der Waals surface area (Å²) in [6.07, 6.45) is 7.52. The van der Waals surface area contributed by atoms with E-state index in [-0.39, 0.29) is 5.91 Å². The van der Waals surface area contributed by atoms with Crippen molar-refractivity contribution in [3.63, 3.8) is 0 Å². The van der Waals surface area contributed by atoms with Crippen LogP contribution in [0.15, 0.2) is 42.7 Å². The number of carbonyl (C=O) groups excluding carboxylic acids is 1. The molecule has 2 heterocycles. The van der Waals surface area contributed by atoms with Gasteiger partial charge in [-0.15, -0.1) is 0 Å². The van der Waals surface area contributed by atoms with Crippen molar-refractivity contribution in [2.24, 2.45) is 5.92 Å². The molecule has 1 aliphatic heterocycles. The molecule has 0 saturated carbocycles. The fourth-order valence-corrected chi connectivity index (χ4v) is 2.94. The summed E-state index contributed by atoms with van der Waals surface area (Å²) in [5.41, 5.74) is 2.18. The number of rotatable bonds is 7. The van der Waals surface area contributed by atoms with E-state index in [1.807, 2.05) is 47.4 Å². The predicted molar refractivity (Wildman–Crippen MR) is 90.5 cm³/mol. The normalized spacial score (nSPS) is 17.3. The lowest BCUT2D eigenvalue weighted by molar-refractivity contribution is -0.121. The number of nitrogens with one attached hydrogen (secondary N) is 2. The maximum Gasteiger partial charge on any atom is 0.220 e. The molecule has 5 heteroatoms. The summed E-state index contributed by atoms with van der Waals surface area (Å²) in [5, 5.41) is 10.7. The van der Waals surface area contributed by atoms with Gasteiger partial charge in [-0.25, -0.2) is 4.68 Å². The minimum Gasteiger partial charge on any atom is -0.356 e. The fraction of sp³-hybridized carbons (Fsp3) is 0.444. The maximum absolute atomic E-state index is 11.9. The van der Waals surface area contributed by atoms with Crippen molar-refractivity contribution in [1.82, 2.24) is 20.4 Å². The first-order chi connectivity index (χ1) is 11.3. The molecule has 1 atom stereocenters. The summed E-state index contributed by atoms with van der Waals surface area (Å²) in [6.45, 7) is 2.83. The molecule has 23 heavy (non-hydrogen) atoms. The minimum absolute atomic E-state index is 0.160. The number of para-hydroxylation sites is 1. The Balaban J connectivity index is 1.39. The smallest absolute Gasteiger partial charge is 0.220 e. The number of nitrogens with zero attached hydrogens (tertiary/aromatic N) is 2. The van der Waals surface area contributed by atoms with Gasteiger partial charge in [-0.3, -0.25) is 4.79 Å². The lowest BCUT2D eigenvalue weighted by Gasteiger charge is -2.08. The molecule has 1 aromatic heterocycles. The van der Waals surface area contributed by atoms with Gasteiger partial charge in [0.15, 0.2) is 0 Å². The van der Waals surface area contributed by atoms with Crippen LogP contribution in [0.25, 0.3) is 5.69 Å². The van der Waals surface area contributed by atoms with Crippen molar-refractivity contribution in [2.75, 3.05) is 19.6 Å². The molecule has 5 nitrogen and oxygen atoms in total. The van der Waals surface area contributed by atoms with Gasteiger partial charge in [-0.05, 0) is 56.0 Å². The molecule has 1 amide bonds. The van der Waals surface area contributed by atoms with E-state index in [9.17, 15) is 4.79 Å². The van der Waals surface area contributed by atoms with E-state index < -0.39 is 0 Å². The number of hydrogen-bond acceptors (Lipinski definition) is 3. The first-order valence-corrected chi connectivity index (χ1v) is 8.37. The Hall–Kier alpha value is -2.14. The summed E-state index contributed by atoms with van der Waals surface area (Å²) in [6, 6.07) is 10.0. The molecule has 1 fully saturated rings. The SMILES string of the molecule is O=C(CCC1CCNC1)NCCc1cnn(-c2ccccc2)c1. The fourth-order valence-electron chi connectivity index (χ4n) is 2.94. The first-order valence-electron chi connectivity index (χ1n) is 8.37. The Morgan fingerprint density at radius 2 is 2.22 bits per heavy atom. The lowest BCUT2D eigenvalue weighted by atomic mass is 10.0. The molecule has 122 valence electrons. The number of aromatic nitrogens is 2. The van der Waals surface area contributed by atoms with Gasteiger partial charge >= 0.3 is 0 Å². The van der Waals surface area contributed by atoms with Gasteiger partial charge in [0.2, 0.25) is 5.91 Å². The topological polar surface area (TPSA) is 59.0 Å². The Morgan fingerprint density at radius 3 is 3.00 bits per heavy atom. The van der Waals surface area contributed by atoms with E-state index in [0.717, 1.165) is 37.2 Å². The van der Waals surface area contributed by atoms with Crippen LogP contribution in [0.5, 0.6) is 0 Å². The van der Waals surface area contributed by atoms with Crippen LogP contribution in [0.4, 0.5) is 0 Å². The van der Waals surface area contributed by atoms with Crippen LogP contribution in [0.2, 0.25) is 0 Å². The number of carbonyl (C=O) groups is 1. The largest absolute Gasteiger partial charge is 0.356 e. The third kappa shape index (κ3) is 4.66. The Labute approximate surface area is 137 Å². The molecular weight excluding hydrogens is 288 g/mol. The summed E-state index contributed by atoms with van der Waals surface area (Å²) >= 11 is 0. The van der Waals surface area contributed by atoms with E-state index in [0.29, 0.717) is 18.9 Å². The van der Waals surface area contributed by atoms with E-state index in [1.54, 1.807) is 0 Å². The molecular formula is C18H24N4O. The van der Waals surface area contributed by atoms with E-state index in [2.05, 4.69) is 15.7 Å². The molecule has 1 aliphatic rings. The molecule has 0 aliphatic carbocycles. The maximum atomic E-state index is 11.9. The van der Waals surface area contributed by atoms with Gasteiger partial charge in [0.25, 0.3) is 0 Å². The second-order valence-electron chi connectivity index (χ2n) is 6.13. The average Bonchev–Trinajstić information content (AvgIpc) is 3.26. The van der Waals surface area contributed by atoms with Crippen molar-refractivity contribution < 1.29 is 4.79 Å². The van der Waals surface area contributed by atoms with Gasteiger partial charge in [0.05, 0.1) is 11.9 Å². The van der Waals surface area contributed by atoms with Crippen LogP contribution in [-0.4, -0.2) is 35.3 Å². The minimum atomic E-state index is 0.160. The zero-order valence-electron chi connectivity index (χ0n) is 13.4. The molecule has 3 rings (SSSR count). The highest BCUT2D eigenvalue weighted by molar-refractivity contribution is 5.75.